The Morgan fingerprint density at radius 3 is 2.14 bits per heavy atom. The number of hydrogen-bond acceptors (Lipinski definition) is 7. The molecule has 35 heavy (non-hydrogen) atoms. The van der Waals surface area contributed by atoms with Crippen molar-refractivity contribution in [3.63, 3.8) is 0 Å². The molecule has 7 nitrogen and oxygen atoms in total. The van der Waals surface area contributed by atoms with Gasteiger partial charge in [0.25, 0.3) is 0 Å². The lowest BCUT2D eigenvalue weighted by Gasteiger charge is -2.36. The van der Waals surface area contributed by atoms with Crippen molar-refractivity contribution < 1.29 is 9.15 Å². The summed E-state index contributed by atoms with van der Waals surface area (Å²) in [5, 5.41) is 0. The van der Waals surface area contributed by atoms with E-state index in [2.05, 4.69) is 34.1 Å². The fraction of sp³-hybridized carbons (Fsp3) is 0.179. The summed E-state index contributed by atoms with van der Waals surface area (Å²) >= 11 is 0. The highest BCUT2D eigenvalue weighted by Gasteiger charge is 2.25. The zero-order valence-electron chi connectivity index (χ0n) is 19.5. The van der Waals surface area contributed by atoms with Crippen molar-refractivity contribution in [3.8, 4) is 28.6 Å². The second kappa shape index (κ2) is 9.10. The van der Waals surface area contributed by atoms with Gasteiger partial charge in [-0.05, 0) is 36.4 Å². The normalized spacial score (nSPS) is 13.9. The Hall–Kier alpha value is -4.39. The van der Waals surface area contributed by atoms with Crippen molar-refractivity contribution in [3.05, 3.63) is 84.9 Å². The lowest BCUT2D eigenvalue weighted by Crippen LogP contribution is -2.47. The number of benzene rings is 3. The standard InChI is InChI=1S/C28H25N5O2/c1-34-23-14-8-11-21(19-23)25-29-26-24(35-28(31-26)20-9-4-2-5-10-20)27(30-25)33-17-15-32(16-18-33)22-12-6-3-7-13-22/h2-14,19H,15-18H2,1H3. The van der Waals surface area contributed by atoms with Crippen LogP contribution in [-0.4, -0.2) is 48.2 Å². The molecular weight excluding hydrogens is 438 g/mol. The molecular formula is C28H25N5O2. The van der Waals surface area contributed by atoms with Gasteiger partial charge in [-0.3, -0.25) is 0 Å². The summed E-state index contributed by atoms with van der Waals surface area (Å²) in [5.74, 6) is 2.68. The van der Waals surface area contributed by atoms with Crippen LogP contribution in [0, 0.1) is 0 Å². The largest absolute Gasteiger partial charge is 0.497 e. The van der Waals surface area contributed by atoms with Crippen LogP contribution in [0.4, 0.5) is 11.5 Å². The van der Waals surface area contributed by atoms with E-state index in [0.717, 1.165) is 48.9 Å². The minimum absolute atomic E-state index is 0.543. The van der Waals surface area contributed by atoms with E-state index in [1.165, 1.54) is 5.69 Å². The van der Waals surface area contributed by atoms with Gasteiger partial charge in [-0.1, -0.05) is 48.5 Å². The van der Waals surface area contributed by atoms with Crippen LogP contribution < -0.4 is 14.5 Å². The molecule has 5 aromatic rings. The Morgan fingerprint density at radius 1 is 0.714 bits per heavy atom. The van der Waals surface area contributed by atoms with E-state index in [0.29, 0.717) is 22.9 Å². The molecule has 1 aliphatic heterocycles. The number of oxazole rings is 1. The summed E-state index contributed by atoms with van der Waals surface area (Å²) in [6.45, 7) is 3.42. The Morgan fingerprint density at radius 2 is 1.40 bits per heavy atom. The first-order chi connectivity index (χ1) is 17.3. The van der Waals surface area contributed by atoms with Gasteiger partial charge in [0.15, 0.2) is 11.6 Å². The van der Waals surface area contributed by atoms with Crippen molar-refractivity contribution in [2.24, 2.45) is 0 Å². The van der Waals surface area contributed by atoms with Gasteiger partial charge in [0, 0.05) is 43.0 Å². The highest BCUT2D eigenvalue weighted by Crippen LogP contribution is 2.33. The van der Waals surface area contributed by atoms with Crippen LogP contribution in [0.5, 0.6) is 5.75 Å². The molecule has 0 radical (unpaired) electrons. The number of anilines is 2. The SMILES string of the molecule is COc1cccc(-c2nc(N3CCN(c4ccccc4)CC3)c3oc(-c4ccccc4)nc3n2)c1. The molecule has 1 saturated heterocycles. The minimum Gasteiger partial charge on any atom is -0.497 e. The summed E-state index contributed by atoms with van der Waals surface area (Å²) in [4.78, 5) is 19.2. The maximum absolute atomic E-state index is 6.27. The van der Waals surface area contributed by atoms with Gasteiger partial charge in [0.2, 0.25) is 17.1 Å². The van der Waals surface area contributed by atoms with Gasteiger partial charge in [-0.2, -0.15) is 4.98 Å². The third-order valence-electron chi connectivity index (χ3n) is 6.29. The number of piperazine rings is 1. The number of fused-ring (bicyclic) bond motifs is 1. The molecule has 3 aromatic carbocycles. The molecule has 0 saturated carbocycles. The third kappa shape index (κ3) is 4.17. The van der Waals surface area contributed by atoms with E-state index in [1.54, 1.807) is 7.11 Å². The number of ether oxygens (including phenoxy) is 1. The van der Waals surface area contributed by atoms with Crippen LogP contribution in [0.1, 0.15) is 0 Å². The molecule has 0 spiro atoms. The zero-order chi connectivity index (χ0) is 23.6. The first-order valence-electron chi connectivity index (χ1n) is 11.7. The van der Waals surface area contributed by atoms with Crippen molar-refractivity contribution >= 4 is 22.7 Å². The topological polar surface area (TPSA) is 67.5 Å². The maximum Gasteiger partial charge on any atom is 0.229 e. The molecule has 1 fully saturated rings. The second-order valence-electron chi connectivity index (χ2n) is 8.45. The highest BCUT2D eigenvalue weighted by atomic mass is 16.5. The van der Waals surface area contributed by atoms with Crippen molar-refractivity contribution in [2.45, 2.75) is 0 Å². The molecule has 7 heteroatoms. The van der Waals surface area contributed by atoms with Gasteiger partial charge < -0.3 is 19.0 Å². The van der Waals surface area contributed by atoms with E-state index < -0.39 is 0 Å². The van der Waals surface area contributed by atoms with E-state index in [4.69, 9.17) is 24.1 Å². The summed E-state index contributed by atoms with van der Waals surface area (Å²) in [5.41, 5.74) is 4.19. The maximum atomic E-state index is 6.27. The van der Waals surface area contributed by atoms with Crippen LogP contribution >= 0.6 is 0 Å². The molecule has 2 aromatic heterocycles. The van der Waals surface area contributed by atoms with Crippen LogP contribution in [0.2, 0.25) is 0 Å². The second-order valence-corrected chi connectivity index (χ2v) is 8.45. The minimum atomic E-state index is 0.543. The predicted molar refractivity (Wildman–Crippen MR) is 138 cm³/mol. The summed E-state index contributed by atoms with van der Waals surface area (Å²) in [6.07, 6.45) is 0. The zero-order valence-corrected chi connectivity index (χ0v) is 19.5. The fourth-order valence-electron chi connectivity index (χ4n) is 4.43. The van der Waals surface area contributed by atoms with Crippen LogP contribution in [0.25, 0.3) is 34.1 Å². The summed E-state index contributed by atoms with van der Waals surface area (Å²) < 4.78 is 11.7. The molecule has 0 bridgehead atoms. The van der Waals surface area contributed by atoms with E-state index in [9.17, 15) is 0 Å². The fourth-order valence-corrected chi connectivity index (χ4v) is 4.43. The van der Waals surface area contributed by atoms with E-state index in [1.807, 2.05) is 60.7 Å². The predicted octanol–water partition coefficient (Wildman–Crippen LogP) is 5.29. The number of hydrogen-bond donors (Lipinski definition) is 0. The van der Waals surface area contributed by atoms with Gasteiger partial charge in [-0.25, -0.2) is 9.97 Å². The van der Waals surface area contributed by atoms with E-state index >= 15 is 0 Å². The smallest absolute Gasteiger partial charge is 0.229 e. The van der Waals surface area contributed by atoms with Crippen molar-refractivity contribution in [1.82, 2.24) is 15.0 Å². The monoisotopic (exact) mass is 463 g/mol. The number of para-hydroxylation sites is 1. The Bertz CT molecular complexity index is 1440. The van der Waals surface area contributed by atoms with Crippen molar-refractivity contribution in [1.29, 1.82) is 0 Å². The molecule has 0 atom stereocenters. The molecule has 6 rings (SSSR count). The molecule has 1 aliphatic rings. The quantitative estimate of drug-likeness (QED) is 0.351. The van der Waals surface area contributed by atoms with Gasteiger partial charge >= 0.3 is 0 Å². The first-order valence-corrected chi connectivity index (χ1v) is 11.7. The average molecular weight is 464 g/mol. The van der Waals surface area contributed by atoms with Crippen molar-refractivity contribution in [2.75, 3.05) is 43.1 Å². The third-order valence-corrected chi connectivity index (χ3v) is 6.29. The molecule has 0 amide bonds. The number of aromatic nitrogens is 3. The van der Waals surface area contributed by atoms with Crippen LogP contribution in [0.15, 0.2) is 89.3 Å². The average Bonchev–Trinajstić information content (AvgIpc) is 3.38. The lowest BCUT2D eigenvalue weighted by molar-refractivity contribution is 0.415. The number of rotatable bonds is 5. The highest BCUT2D eigenvalue weighted by molar-refractivity contribution is 5.85. The Labute approximate surface area is 203 Å². The number of nitrogens with zero attached hydrogens (tertiary/aromatic N) is 5. The Kier molecular flexibility index (Phi) is 5.50. The van der Waals surface area contributed by atoms with Gasteiger partial charge in [0.1, 0.15) is 5.75 Å². The molecule has 0 N–H and O–H groups in total. The van der Waals surface area contributed by atoms with Crippen LogP contribution in [-0.2, 0) is 0 Å². The number of methoxy groups -OCH3 is 1. The Balaban J connectivity index is 1.41. The first kappa shape index (κ1) is 21.2. The summed E-state index contributed by atoms with van der Waals surface area (Å²) in [6, 6.07) is 28.2. The molecule has 0 aliphatic carbocycles. The molecule has 0 unspecified atom stereocenters. The molecule has 3 heterocycles. The summed E-state index contributed by atoms with van der Waals surface area (Å²) in [7, 11) is 1.66. The van der Waals surface area contributed by atoms with Crippen LogP contribution in [0.3, 0.4) is 0 Å². The molecule has 174 valence electrons. The lowest BCUT2D eigenvalue weighted by atomic mass is 10.2. The van der Waals surface area contributed by atoms with E-state index in [-0.39, 0.29) is 0 Å². The van der Waals surface area contributed by atoms with Gasteiger partial charge in [-0.15, -0.1) is 0 Å². The van der Waals surface area contributed by atoms with Gasteiger partial charge in [0.05, 0.1) is 7.11 Å².